The lowest BCUT2D eigenvalue weighted by molar-refractivity contribution is -0.543. The molecule has 0 aliphatic rings. The minimum Gasteiger partial charge on any atom is -0.347 e. The van der Waals surface area contributed by atoms with Gasteiger partial charge >= 0.3 is 25.7 Å². The normalized spacial score (nSPS) is 14.6. The van der Waals surface area contributed by atoms with Gasteiger partial charge in [-0.25, -0.2) is 4.57 Å². The second-order valence-corrected chi connectivity index (χ2v) is 20.0. The van der Waals surface area contributed by atoms with Crippen molar-refractivity contribution >= 4 is 7.82 Å². The van der Waals surface area contributed by atoms with E-state index in [4.69, 9.17) is 113 Å². The Morgan fingerprint density at radius 1 is 0.217 bits per heavy atom. The van der Waals surface area contributed by atoms with Crippen LogP contribution in [0.15, 0.2) is 0 Å². The molecule has 0 saturated heterocycles. The molecule has 0 N–H and O–H groups in total. The molecule has 83 heavy (non-hydrogen) atoms. The Morgan fingerprint density at radius 3 is 0.410 bits per heavy atom. The van der Waals surface area contributed by atoms with Crippen molar-refractivity contribution in [3.05, 3.63) is 0 Å². The lowest BCUT2D eigenvalue weighted by atomic mass is 9.81. The molecule has 0 fully saturated rings. The molecule has 0 atom stereocenters. The summed E-state index contributed by atoms with van der Waals surface area (Å²) in [6, 6.07) is 0. The monoisotopic (exact) mass is 1230 g/mol. The maximum absolute atomic E-state index is 19.5. The van der Waals surface area contributed by atoms with E-state index in [-0.39, 0.29) is 119 Å². The van der Waals surface area contributed by atoms with Crippen molar-refractivity contribution in [3.63, 3.8) is 0 Å². The van der Waals surface area contributed by atoms with Crippen LogP contribution in [0.3, 0.4) is 0 Å². The Kier molecular flexibility index (Phi) is 36.5. The van der Waals surface area contributed by atoms with Gasteiger partial charge in [-0.15, -0.1) is 0 Å². The van der Waals surface area contributed by atoms with Crippen molar-refractivity contribution in [1.82, 2.24) is 0 Å². The van der Waals surface area contributed by atoms with Crippen molar-refractivity contribution in [2.45, 2.75) is 236 Å². The summed E-state index contributed by atoms with van der Waals surface area (Å²) < 4.78 is 186. The molecule has 0 amide bonds. The molecule has 0 aliphatic carbocycles. The molecular formula is C57H117O25P. The first-order valence-electron chi connectivity index (χ1n) is 30.0. The fraction of sp³-hybridized carbons (Fsp3) is 1.00. The van der Waals surface area contributed by atoms with E-state index in [1.165, 1.54) is 62.9 Å². The molecule has 0 aromatic carbocycles. The van der Waals surface area contributed by atoms with E-state index in [1.807, 2.05) is 0 Å². The van der Waals surface area contributed by atoms with Crippen LogP contribution in [0, 0.1) is 0 Å². The van der Waals surface area contributed by atoms with Crippen LogP contribution in [0.2, 0.25) is 0 Å². The number of rotatable bonds is 54. The Bertz CT molecular complexity index is 1460. The van der Waals surface area contributed by atoms with Crippen LogP contribution in [0.4, 0.5) is 0 Å². The van der Waals surface area contributed by atoms with Gasteiger partial charge in [-0.05, 0) is 166 Å². The summed E-state index contributed by atoms with van der Waals surface area (Å²) in [5.41, 5.74) is -9.08. The first-order chi connectivity index (χ1) is 39.1. The molecule has 25 nitrogen and oxygen atoms in total. The lowest BCUT2D eigenvalue weighted by Crippen LogP contribution is -2.84. The molecule has 0 aromatic rings. The second kappa shape index (κ2) is 36.8. The number of phosphoric acid groups is 1. The van der Waals surface area contributed by atoms with Crippen LogP contribution in [-0.2, 0) is 118 Å². The maximum atomic E-state index is 19.5. The van der Waals surface area contributed by atoms with Crippen LogP contribution in [-0.4, -0.2) is 210 Å². The van der Waals surface area contributed by atoms with Gasteiger partial charge in [-0.2, -0.15) is 0 Å². The zero-order chi connectivity index (χ0) is 64.2. The van der Waals surface area contributed by atoms with E-state index < -0.39 is 77.3 Å². The van der Waals surface area contributed by atoms with Gasteiger partial charge in [0.2, 0.25) is 34.7 Å². The van der Waals surface area contributed by atoms with Gasteiger partial charge in [-0.1, -0.05) is 0 Å². The van der Waals surface area contributed by atoms with E-state index in [2.05, 4.69) is 0 Å². The SMILES string of the molecule is CCOC(C)(OCC)C(OP(=O)(OC(C(C)(OCC)OCC)(C(C)(OCC)OCC)C(OC)(OCC)OCC)OC(C(C)(OCC)OCC)(C(C)(OCC)OCC)C(OC)(OCC)OCC)(C(C)(OCC)OCC)C(OC)(OCC)OCC. The third kappa shape index (κ3) is 15.9. The largest absolute Gasteiger partial charge is 0.478 e. The van der Waals surface area contributed by atoms with Crippen molar-refractivity contribution in [1.29, 1.82) is 0 Å². The molecular weight excluding hydrogens is 1120 g/mol. The number of methoxy groups -OCH3 is 3. The minimum atomic E-state index is -6.60. The van der Waals surface area contributed by atoms with E-state index in [0.717, 1.165) is 0 Å². The van der Waals surface area contributed by atoms with Crippen molar-refractivity contribution in [2.24, 2.45) is 0 Å². The first kappa shape index (κ1) is 82.3. The average Bonchev–Trinajstić information content (AvgIpc) is 3.41. The van der Waals surface area contributed by atoms with Gasteiger partial charge < -0.3 is 99.5 Å². The quantitative estimate of drug-likeness (QED) is 0.0406. The highest BCUT2D eigenvalue weighted by Crippen LogP contribution is 2.72. The standard InChI is InChI=1S/C57H117O25P/c1-28-62-46(19,63-29-2)52(47(20,64-30-3)65-31-4,55(59-25,74-40-13)75-41-14)80-83(58,81-53(48(21,66-32-5)67-33-6,49(22,68-34-7)69-35-8)56(60-26,76-42-15)77-43-16)82-54(50(23,70-36-9)71-37-10,51(24,72-38-11)73-39-12)57(61-27,78-44-17)79-45-18/h28-45H2,1-27H3. The highest BCUT2D eigenvalue weighted by Gasteiger charge is 2.87. The lowest BCUT2D eigenvalue weighted by Gasteiger charge is -2.64. The Labute approximate surface area is 499 Å². The highest BCUT2D eigenvalue weighted by molar-refractivity contribution is 7.48. The maximum Gasteiger partial charge on any atom is 0.478 e. The fourth-order valence-electron chi connectivity index (χ4n) is 11.6. The summed E-state index contributed by atoms with van der Waals surface area (Å²) in [6.07, 6.45) is 0. The summed E-state index contributed by atoms with van der Waals surface area (Å²) >= 11 is 0. The van der Waals surface area contributed by atoms with Gasteiger partial charge in [0.25, 0.3) is 16.8 Å². The molecule has 0 aliphatic heterocycles. The third-order valence-corrected chi connectivity index (χ3v) is 15.2. The van der Waals surface area contributed by atoms with Gasteiger partial charge in [0, 0.05) is 140 Å². The molecule has 26 heteroatoms. The molecule has 0 saturated carbocycles. The van der Waals surface area contributed by atoms with Crippen LogP contribution in [0.1, 0.15) is 166 Å². The first-order valence-corrected chi connectivity index (χ1v) is 31.5. The minimum absolute atomic E-state index is 0.143. The Balaban J connectivity index is 12.4. The van der Waals surface area contributed by atoms with Crippen LogP contribution >= 0.6 is 7.82 Å². The van der Waals surface area contributed by atoms with Gasteiger partial charge in [-0.3, -0.25) is 13.6 Å². The predicted molar refractivity (Wildman–Crippen MR) is 308 cm³/mol. The zero-order valence-corrected chi connectivity index (χ0v) is 57.3. The van der Waals surface area contributed by atoms with E-state index in [0.29, 0.717) is 0 Å². The van der Waals surface area contributed by atoms with Gasteiger partial charge in [0.15, 0.2) is 0 Å². The zero-order valence-electron chi connectivity index (χ0n) is 56.4. The highest BCUT2D eigenvalue weighted by atomic mass is 31.2. The number of ether oxygens (including phenoxy) is 21. The van der Waals surface area contributed by atoms with Gasteiger partial charge in [0.05, 0.1) is 0 Å². The second-order valence-electron chi connectivity index (χ2n) is 18.5. The fourth-order valence-corrected chi connectivity index (χ4v) is 14.0. The van der Waals surface area contributed by atoms with Crippen molar-refractivity contribution in [2.75, 3.05) is 140 Å². The van der Waals surface area contributed by atoms with Crippen molar-refractivity contribution in [3.8, 4) is 0 Å². The van der Waals surface area contributed by atoms with Crippen molar-refractivity contribution < 1.29 is 118 Å². The topological polar surface area (TPSA) is 239 Å². The number of hydrogen-bond donors (Lipinski definition) is 0. The molecule has 0 aromatic heterocycles. The van der Waals surface area contributed by atoms with E-state index >= 15 is 4.57 Å². The molecule has 0 spiro atoms. The number of hydrogen-bond acceptors (Lipinski definition) is 25. The third-order valence-electron chi connectivity index (χ3n) is 13.7. The summed E-state index contributed by atoms with van der Waals surface area (Å²) in [7, 11) is -2.79. The van der Waals surface area contributed by atoms with Crippen LogP contribution in [0.25, 0.3) is 0 Å². The van der Waals surface area contributed by atoms with Crippen LogP contribution < -0.4 is 0 Å². The van der Waals surface area contributed by atoms with E-state index in [1.54, 1.807) is 125 Å². The molecule has 0 rings (SSSR count). The summed E-state index contributed by atoms with van der Waals surface area (Å²) in [5, 5.41) is 0. The summed E-state index contributed by atoms with van der Waals surface area (Å²) in [6.45, 7) is 36.3. The Morgan fingerprint density at radius 2 is 0.325 bits per heavy atom. The van der Waals surface area contributed by atoms with Crippen LogP contribution in [0.5, 0.6) is 0 Å². The molecule has 500 valence electrons. The summed E-state index contributed by atoms with van der Waals surface area (Å²) in [4.78, 5) is 0. The predicted octanol–water partition coefficient (Wildman–Crippen LogP) is 10.2. The van der Waals surface area contributed by atoms with E-state index in [9.17, 15) is 0 Å². The number of phosphoric ester groups is 1. The average molecular weight is 1230 g/mol. The molecule has 0 radical (unpaired) electrons. The smallest absolute Gasteiger partial charge is 0.347 e. The summed E-state index contributed by atoms with van der Waals surface area (Å²) in [5.74, 6) is -22.9. The molecule has 0 unspecified atom stereocenters. The molecule has 0 bridgehead atoms. The Hall–Kier alpha value is -0.730. The van der Waals surface area contributed by atoms with Gasteiger partial charge in [0.1, 0.15) is 0 Å². The molecule has 0 heterocycles.